The van der Waals surface area contributed by atoms with Gasteiger partial charge in [0.25, 0.3) is 0 Å². The van der Waals surface area contributed by atoms with Gasteiger partial charge in [-0.15, -0.1) is 0 Å². The molecule has 0 heterocycles. The summed E-state index contributed by atoms with van der Waals surface area (Å²) < 4.78 is 16.9. The highest BCUT2D eigenvalue weighted by atomic mass is 16.6. The summed E-state index contributed by atoms with van der Waals surface area (Å²) >= 11 is 0. The molecule has 0 aromatic heterocycles. The summed E-state index contributed by atoms with van der Waals surface area (Å²) in [6.45, 7) is 6.56. The van der Waals surface area contributed by atoms with Crippen LogP contribution in [0.15, 0.2) is 36.5 Å². The van der Waals surface area contributed by atoms with Gasteiger partial charge in [-0.3, -0.25) is 14.4 Å². The van der Waals surface area contributed by atoms with Crippen LogP contribution in [0.4, 0.5) is 0 Å². The molecule has 0 bridgehead atoms. The van der Waals surface area contributed by atoms with E-state index >= 15 is 0 Å². The minimum Gasteiger partial charge on any atom is -0.462 e. The third kappa shape index (κ3) is 52.5. The van der Waals surface area contributed by atoms with Gasteiger partial charge in [-0.25, -0.2) is 0 Å². The number of carbonyl (C=O) groups excluding carboxylic acids is 3. The van der Waals surface area contributed by atoms with Crippen LogP contribution in [0.5, 0.6) is 0 Å². The number of unbranched alkanes of at least 4 members (excludes halogenated alkanes) is 35. The number of esters is 3. The first kappa shape index (κ1) is 62.6. The lowest BCUT2D eigenvalue weighted by Gasteiger charge is -2.18. The fourth-order valence-electron chi connectivity index (χ4n) is 8.40. The van der Waals surface area contributed by atoms with Crippen molar-refractivity contribution < 1.29 is 28.6 Å². The molecule has 0 aliphatic heterocycles. The van der Waals surface area contributed by atoms with Gasteiger partial charge in [-0.05, 0) is 51.4 Å². The lowest BCUT2D eigenvalue weighted by Crippen LogP contribution is -2.30. The van der Waals surface area contributed by atoms with E-state index in [1.165, 1.54) is 180 Å². The number of hydrogen-bond donors (Lipinski definition) is 0. The van der Waals surface area contributed by atoms with Crippen LogP contribution < -0.4 is 0 Å². The highest BCUT2D eigenvalue weighted by Crippen LogP contribution is 2.17. The van der Waals surface area contributed by atoms with E-state index in [4.69, 9.17) is 14.2 Å². The molecule has 0 spiro atoms. The van der Waals surface area contributed by atoms with Crippen molar-refractivity contribution in [3.05, 3.63) is 36.5 Å². The lowest BCUT2D eigenvalue weighted by atomic mass is 10.0. The second-order valence-electron chi connectivity index (χ2n) is 19.2. The first-order chi connectivity index (χ1) is 32.0. The number of rotatable bonds is 52. The molecule has 0 aliphatic rings. The normalized spacial score (nSPS) is 12.2. The molecule has 0 aromatic carbocycles. The molecule has 0 radical (unpaired) electrons. The average molecular weight is 914 g/mol. The molecule has 0 N–H and O–H groups in total. The Balaban J connectivity index is 4.31. The van der Waals surface area contributed by atoms with Gasteiger partial charge in [0.05, 0.1) is 0 Å². The smallest absolute Gasteiger partial charge is 0.306 e. The Morgan fingerprint density at radius 1 is 0.323 bits per heavy atom. The molecule has 380 valence electrons. The zero-order valence-corrected chi connectivity index (χ0v) is 43.5. The zero-order valence-electron chi connectivity index (χ0n) is 43.5. The van der Waals surface area contributed by atoms with Crippen molar-refractivity contribution in [3.8, 4) is 0 Å². The Kier molecular flexibility index (Phi) is 52.3. The summed E-state index contributed by atoms with van der Waals surface area (Å²) in [6, 6.07) is 0. The Hall–Kier alpha value is -2.37. The van der Waals surface area contributed by atoms with Gasteiger partial charge >= 0.3 is 17.9 Å². The van der Waals surface area contributed by atoms with E-state index in [0.717, 1.165) is 83.5 Å². The van der Waals surface area contributed by atoms with E-state index in [0.29, 0.717) is 19.3 Å². The number of carbonyl (C=O) groups is 3. The van der Waals surface area contributed by atoms with E-state index in [9.17, 15) is 14.4 Å². The maximum Gasteiger partial charge on any atom is 0.306 e. The summed E-state index contributed by atoms with van der Waals surface area (Å²) in [6.07, 6.45) is 64.2. The van der Waals surface area contributed by atoms with Crippen LogP contribution in [0, 0.1) is 0 Å². The largest absolute Gasteiger partial charge is 0.462 e. The van der Waals surface area contributed by atoms with Gasteiger partial charge in [-0.2, -0.15) is 0 Å². The molecule has 0 aliphatic carbocycles. The van der Waals surface area contributed by atoms with Crippen LogP contribution >= 0.6 is 0 Å². The SMILES string of the molecule is CC/C=C\C/C=C\C/C=C\CCCCCCCCC(=O)OC(COC(=O)CCCCCCCCCCCCCC)COC(=O)CCCCCCCCCCCCCCCCCCCCC. The fourth-order valence-corrected chi connectivity index (χ4v) is 8.40. The maximum atomic E-state index is 12.8. The highest BCUT2D eigenvalue weighted by molar-refractivity contribution is 5.71. The second-order valence-corrected chi connectivity index (χ2v) is 19.2. The lowest BCUT2D eigenvalue weighted by molar-refractivity contribution is -0.167. The van der Waals surface area contributed by atoms with Crippen molar-refractivity contribution in [2.45, 2.75) is 309 Å². The van der Waals surface area contributed by atoms with Gasteiger partial charge in [-0.1, -0.05) is 269 Å². The average Bonchev–Trinajstić information content (AvgIpc) is 3.30. The Morgan fingerprint density at radius 3 is 0.938 bits per heavy atom. The van der Waals surface area contributed by atoms with Gasteiger partial charge in [0.1, 0.15) is 13.2 Å². The molecule has 0 rings (SSSR count). The van der Waals surface area contributed by atoms with Crippen LogP contribution in [0.3, 0.4) is 0 Å². The Morgan fingerprint density at radius 2 is 0.600 bits per heavy atom. The van der Waals surface area contributed by atoms with E-state index < -0.39 is 6.10 Å². The monoisotopic (exact) mass is 913 g/mol. The van der Waals surface area contributed by atoms with Crippen LogP contribution in [0.25, 0.3) is 0 Å². The van der Waals surface area contributed by atoms with E-state index in [2.05, 4.69) is 57.2 Å². The minimum atomic E-state index is -0.774. The molecular weight excluding hydrogens is 805 g/mol. The summed E-state index contributed by atoms with van der Waals surface area (Å²) in [5, 5.41) is 0. The summed E-state index contributed by atoms with van der Waals surface area (Å²) in [7, 11) is 0. The van der Waals surface area contributed by atoms with Crippen LogP contribution in [-0.2, 0) is 28.6 Å². The van der Waals surface area contributed by atoms with Gasteiger partial charge < -0.3 is 14.2 Å². The predicted octanol–water partition coefficient (Wildman–Crippen LogP) is 18.9. The molecule has 6 nitrogen and oxygen atoms in total. The van der Waals surface area contributed by atoms with Crippen LogP contribution in [0.2, 0.25) is 0 Å². The van der Waals surface area contributed by atoms with Crippen molar-refractivity contribution in [2.24, 2.45) is 0 Å². The zero-order chi connectivity index (χ0) is 47.2. The fraction of sp³-hybridized carbons (Fsp3) is 0.847. The van der Waals surface area contributed by atoms with Crippen molar-refractivity contribution >= 4 is 17.9 Å². The molecule has 0 saturated carbocycles. The van der Waals surface area contributed by atoms with Crippen molar-refractivity contribution in [1.29, 1.82) is 0 Å². The molecular formula is C59H108O6. The first-order valence-corrected chi connectivity index (χ1v) is 28.5. The highest BCUT2D eigenvalue weighted by Gasteiger charge is 2.19. The number of allylic oxidation sites excluding steroid dienone is 6. The molecule has 1 atom stereocenters. The van der Waals surface area contributed by atoms with Crippen LogP contribution in [0.1, 0.15) is 303 Å². The van der Waals surface area contributed by atoms with Gasteiger partial charge in [0.2, 0.25) is 0 Å². The predicted molar refractivity (Wildman–Crippen MR) is 279 cm³/mol. The quantitative estimate of drug-likeness (QED) is 0.0262. The molecule has 1 unspecified atom stereocenters. The van der Waals surface area contributed by atoms with Crippen molar-refractivity contribution in [3.63, 3.8) is 0 Å². The van der Waals surface area contributed by atoms with Crippen molar-refractivity contribution in [2.75, 3.05) is 13.2 Å². The van der Waals surface area contributed by atoms with Gasteiger partial charge in [0, 0.05) is 19.3 Å². The van der Waals surface area contributed by atoms with Crippen LogP contribution in [-0.4, -0.2) is 37.2 Å². The summed E-state index contributed by atoms with van der Waals surface area (Å²) in [5.41, 5.74) is 0. The molecule has 6 heteroatoms. The maximum absolute atomic E-state index is 12.8. The Labute approximate surface area is 404 Å². The second kappa shape index (κ2) is 54.2. The van der Waals surface area contributed by atoms with Crippen molar-refractivity contribution in [1.82, 2.24) is 0 Å². The topological polar surface area (TPSA) is 78.9 Å². The number of ether oxygens (including phenoxy) is 3. The molecule has 0 amide bonds. The van der Waals surface area contributed by atoms with Gasteiger partial charge in [0.15, 0.2) is 6.10 Å². The third-order valence-corrected chi connectivity index (χ3v) is 12.7. The van der Waals surface area contributed by atoms with E-state index in [1.807, 2.05) is 0 Å². The standard InChI is InChI=1S/C59H108O6/c1-4-7-10-13-16-19-22-25-27-29-30-31-33-34-37-40-43-46-49-52-58(61)64-55-56(54-63-57(60)51-48-45-42-39-36-24-21-18-15-12-9-6-3)65-59(62)53-50-47-44-41-38-35-32-28-26-23-20-17-14-11-8-5-2/h8,11,17,20,26,28,56H,4-7,9-10,12-16,18-19,21-25,27,29-55H2,1-3H3/b11-8-,20-17-,28-26-. The molecule has 0 aromatic rings. The third-order valence-electron chi connectivity index (χ3n) is 12.7. The van der Waals surface area contributed by atoms with E-state index in [1.54, 1.807) is 0 Å². The minimum absolute atomic E-state index is 0.0728. The molecule has 65 heavy (non-hydrogen) atoms. The van der Waals surface area contributed by atoms with E-state index in [-0.39, 0.29) is 31.1 Å². The summed E-state index contributed by atoms with van der Waals surface area (Å²) in [5.74, 6) is -0.868. The summed E-state index contributed by atoms with van der Waals surface area (Å²) in [4.78, 5) is 38.1. The molecule has 0 saturated heterocycles. The Bertz CT molecular complexity index is 1090. The molecule has 0 fully saturated rings. The number of hydrogen-bond acceptors (Lipinski definition) is 6. The first-order valence-electron chi connectivity index (χ1n) is 28.5.